The van der Waals surface area contributed by atoms with Crippen LogP contribution < -0.4 is 4.74 Å². The topological polar surface area (TPSA) is 22.1 Å². The van der Waals surface area contributed by atoms with E-state index in [1.807, 2.05) is 34.6 Å². The Balaban J connectivity index is 0.000000741. The minimum atomic E-state index is -0.355. The maximum absolute atomic E-state index is 13.3. The summed E-state index contributed by atoms with van der Waals surface area (Å²) in [6.07, 6.45) is 7.16. The first-order valence-corrected chi connectivity index (χ1v) is 7.54. The highest BCUT2D eigenvalue weighted by Gasteiger charge is 2.16. The molecule has 110 valence electrons. The molecule has 3 heteroatoms. The number of aromatic nitrogens is 1. The van der Waals surface area contributed by atoms with Crippen molar-refractivity contribution < 1.29 is 9.13 Å². The number of aryl methyl sites for hydroxylation is 1. The van der Waals surface area contributed by atoms with Crippen LogP contribution in [0.25, 0.3) is 0 Å². The molecule has 0 atom stereocenters. The number of rotatable bonds is 2. The molecule has 1 fully saturated rings. The van der Waals surface area contributed by atoms with Crippen molar-refractivity contribution in [3.8, 4) is 5.75 Å². The Kier molecular flexibility index (Phi) is 10.1. The molecule has 0 amide bonds. The lowest BCUT2D eigenvalue weighted by Crippen LogP contribution is -2.20. The molecule has 0 radical (unpaired) electrons. The molecule has 0 N–H and O–H groups in total. The fourth-order valence-electron chi connectivity index (χ4n) is 1.97. The number of hydrogen-bond donors (Lipinski definition) is 0. The molecule has 0 spiro atoms. The Morgan fingerprint density at radius 3 is 2.26 bits per heavy atom. The third kappa shape index (κ3) is 6.55. The lowest BCUT2D eigenvalue weighted by Gasteiger charge is -2.23. The normalized spacial score (nSPS) is 14.6. The summed E-state index contributed by atoms with van der Waals surface area (Å²) in [7, 11) is 0. The average Bonchev–Trinajstić information content (AvgIpc) is 2.48. The molecule has 19 heavy (non-hydrogen) atoms. The van der Waals surface area contributed by atoms with Gasteiger partial charge in [0.15, 0.2) is 11.6 Å². The standard InChI is InChI=1S/C12H16FNO.2C2H6/c1-9-7-12(11(13)8-14-9)15-10-5-3-2-4-6-10;2*1-2/h7-8,10H,2-6H2,1H3;2*1-2H3. The molecule has 1 aromatic heterocycles. The molecular formula is C16H28FNO. The Hall–Kier alpha value is -1.12. The van der Waals surface area contributed by atoms with Gasteiger partial charge in [-0.05, 0) is 32.6 Å². The highest BCUT2D eigenvalue weighted by Crippen LogP contribution is 2.25. The molecule has 0 unspecified atom stereocenters. The van der Waals surface area contributed by atoms with Gasteiger partial charge in [0, 0.05) is 11.8 Å². The summed E-state index contributed by atoms with van der Waals surface area (Å²) in [5.74, 6) is 0.000531. The van der Waals surface area contributed by atoms with Crippen molar-refractivity contribution in [3.63, 3.8) is 0 Å². The third-order valence-electron chi connectivity index (χ3n) is 2.80. The van der Waals surface area contributed by atoms with Crippen molar-refractivity contribution in [1.29, 1.82) is 0 Å². The van der Waals surface area contributed by atoms with Crippen molar-refractivity contribution in [2.75, 3.05) is 0 Å². The van der Waals surface area contributed by atoms with E-state index in [4.69, 9.17) is 4.74 Å². The largest absolute Gasteiger partial charge is 0.487 e. The summed E-state index contributed by atoms with van der Waals surface area (Å²) in [6, 6.07) is 1.67. The van der Waals surface area contributed by atoms with Crippen molar-refractivity contribution >= 4 is 0 Å². The summed E-state index contributed by atoms with van der Waals surface area (Å²) in [4.78, 5) is 3.88. The molecule has 2 rings (SSSR count). The minimum absolute atomic E-state index is 0.190. The first-order valence-electron chi connectivity index (χ1n) is 7.54. The quantitative estimate of drug-likeness (QED) is 0.727. The summed E-state index contributed by atoms with van der Waals surface area (Å²) >= 11 is 0. The van der Waals surface area contributed by atoms with Gasteiger partial charge in [0.25, 0.3) is 0 Å². The first-order chi connectivity index (χ1) is 9.25. The van der Waals surface area contributed by atoms with Gasteiger partial charge in [0.2, 0.25) is 0 Å². The number of nitrogens with zero attached hydrogens (tertiary/aromatic N) is 1. The predicted octanol–water partition coefficient (Wildman–Crippen LogP) is 5.29. The third-order valence-corrected chi connectivity index (χ3v) is 2.80. The van der Waals surface area contributed by atoms with E-state index in [2.05, 4.69) is 4.98 Å². The van der Waals surface area contributed by atoms with E-state index in [0.717, 1.165) is 18.5 Å². The van der Waals surface area contributed by atoms with Crippen LogP contribution in [0.3, 0.4) is 0 Å². The van der Waals surface area contributed by atoms with Crippen LogP contribution >= 0.6 is 0 Å². The highest BCUT2D eigenvalue weighted by atomic mass is 19.1. The van der Waals surface area contributed by atoms with Crippen LogP contribution in [-0.4, -0.2) is 11.1 Å². The molecule has 1 aliphatic carbocycles. The molecule has 0 saturated heterocycles. The predicted molar refractivity (Wildman–Crippen MR) is 79.1 cm³/mol. The Morgan fingerprint density at radius 1 is 1.11 bits per heavy atom. The summed E-state index contributed by atoms with van der Waals surface area (Å²) < 4.78 is 19.0. The zero-order chi connectivity index (χ0) is 14.7. The van der Waals surface area contributed by atoms with Gasteiger partial charge in [-0.2, -0.15) is 0 Å². The molecule has 2 nitrogen and oxygen atoms in total. The van der Waals surface area contributed by atoms with Gasteiger partial charge in [-0.15, -0.1) is 0 Å². The molecule has 1 aliphatic rings. The van der Waals surface area contributed by atoms with E-state index in [9.17, 15) is 4.39 Å². The lowest BCUT2D eigenvalue weighted by atomic mass is 9.98. The van der Waals surface area contributed by atoms with Crippen LogP contribution in [0, 0.1) is 12.7 Å². The Bertz CT molecular complexity index is 336. The van der Waals surface area contributed by atoms with Crippen LogP contribution in [0.1, 0.15) is 65.5 Å². The number of hydrogen-bond acceptors (Lipinski definition) is 2. The van der Waals surface area contributed by atoms with E-state index < -0.39 is 0 Å². The first kappa shape index (κ1) is 17.9. The summed E-state index contributed by atoms with van der Waals surface area (Å²) in [6.45, 7) is 9.84. The maximum Gasteiger partial charge on any atom is 0.183 e. The molecule has 0 aromatic carbocycles. The van der Waals surface area contributed by atoms with Crippen molar-refractivity contribution in [2.45, 2.75) is 72.8 Å². The van der Waals surface area contributed by atoms with Gasteiger partial charge in [0.05, 0.1) is 12.3 Å². The van der Waals surface area contributed by atoms with Crippen LogP contribution in [-0.2, 0) is 0 Å². The van der Waals surface area contributed by atoms with E-state index >= 15 is 0 Å². The van der Waals surface area contributed by atoms with Crippen molar-refractivity contribution in [2.24, 2.45) is 0 Å². The van der Waals surface area contributed by atoms with Crippen LogP contribution in [0.5, 0.6) is 5.75 Å². The molecule has 1 heterocycles. The zero-order valence-corrected chi connectivity index (χ0v) is 13.0. The lowest BCUT2D eigenvalue weighted by molar-refractivity contribution is 0.148. The van der Waals surface area contributed by atoms with E-state index in [1.54, 1.807) is 6.07 Å². The van der Waals surface area contributed by atoms with Gasteiger partial charge in [-0.3, -0.25) is 4.98 Å². The Morgan fingerprint density at radius 2 is 1.68 bits per heavy atom. The monoisotopic (exact) mass is 269 g/mol. The van der Waals surface area contributed by atoms with Crippen molar-refractivity contribution in [1.82, 2.24) is 4.98 Å². The van der Waals surface area contributed by atoms with Gasteiger partial charge in [0.1, 0.15) is 0 Å². The Labute approximate surface area is 117 Å². The summed E-state index contributed by atoms with van der Waals surface area (Å²) in [5, 5.41) is 0. The van der Waals surface area contributed by atoms with Gasteiger partial charge >= 0.3 is 0 Å². The van der Waals surface area contributed by atoms with Crippen LogP contribution in [0.15, 0.2) is 12.3 Å². The second-order valence-corrected chi connectivity index (χ2v) is 4.13. The smallest absolute Gasteiger partial charge is 0.183 e. The van der Waals surface area contributed by atoms with E-state index in [1.165, 1.54) is 25.5 Å². The average molecular weight is 269 g/mol. The zero-order valence-electron chi connectivity index (χ0n) is 13.0. The number of halogens is 1. The molecule has 1 saturated carbocycles. The number of pyridine rings is 1. The number of ether oxygens (including phenoxy) is 1. The van der Waals surface area contributed by atoms with Crippen LogP contribution in [0.2, 0.25) is 0 Å². The SMILES string of the molecule is CC.CC.Cc1cc(OC2CCCCC2)c(F)cn1. The van der Waals surface area contributed by atoms with E-state index in [-0.39, 0.29) is 11.9 Å². The van der Waals surface area contributed by atoms with Gasteiger partial charge < -0.3 is 4.74 Å². The second-order valence-electron chi connectivity index (χ2n) is 4.13. The fourth-order valence-corrected chi connectivity index (χ4v) is 1.97. The van der Waals surface area contributed by atoms with Gasteiger partial charge in [-0.25, -0.2) is 4.39 Å². The van der Waals surface area contributed by atoms with Crippen LogP contribution in [0.4, 0.5) is 4.39 Å². The fraction of sp³-hybridized carbons (Fsp3) is 0.688. The van der Waals surface area contributed by atoms with Crippen molar-refractivity contribution in [3.05, 3.63) is 23.8 Å². The molecular weight excluding hydrogens is 241 g/mol. The maximum atomic E-state index is 13.3. The minimum Gasteiger partial charge on any atom is -0.487 e. The highest BCUT2D eigenvalue weighted by molar-refractivity contribution is 5.24. The second kappa shape index (κ2) is 10.8. The molecule has 0 aliphatic heterocycles. The van der Waals surface area contributed by atoms with Gasteiger partial charge in [-0.1, -0.05) is 34.1 Å². The summed E-state index contributed by atoms with van der Waals surface area (Å²) in [5.41, 5.74) is 0.794. The molecule has 1 aromatic rings. The van der Waals surface area contributed by atoms with E-state index in [0.29, 0.717) is 5.75 Å². The molecule has 0 bridgehead atoms.